The van der Waals surface area contributed by atoms with Crippen molar-refractivity contribution in [2.75, 3.05) is 12.4 Å². The lowest BCUT2D eigenvalue weighted by Crippen LogP contribution is -2.23. The molecule has 1 N–H and O–H groups in total. The van der Waals surface area contributed by atoms with Crippen LogP contribution in [0.2, 0.25) is 0 Å². The molecule has 80 valence electrons. The second-order valence-corrected chi connectivity index (χ2v) is 2.57. The summed E-state index contributed by atoms with van der Waals surface area (Å²) in [6, 6.07) is 2.72. The molecule has 0 saturated heterocycles. The lowest BCUT2D eigenvalue weighted by atomic mass is 10.3. The number of methoxy groups -OCH3 is 1. The highest BCUT2D eigenvalue weighted by molar-refractivity contribution is 6.37. The second kappa shape index (κ2) is 4.50. The zero-order valence-corrected chi connectivity index (χ0v) is 7.71. The van der Waals surface area contributed by atoms with Crippen molar-refractivity contribution >= 4 is 17.6 Å². The molecule has 1 aromatic carbocycles. The quantitative estimate of drug-likeness (QED) is 0.563. The summed E-state index contributed by atoms with van der Waals surface area (Å²) in [5.41, 5.74) is -0.0238. The molecular formula is C9H7F2NO3. The van der Waals surface area contributed by atoms with Gasteiger partial charge in [0, 0.05) is 11.8 Å². The number of hydrogen-bond donors (Lipinski definition) is 1. The predicted octanol–water partition coefficient (Wildman–Crippen LogP) is 1.08. The standard InChI is InChI=1S/C9H7F2NO3/c1-15-9(14)8(13)12-5-2-3-6(10)7(11)4-5/h2-4H,1H3,(H,12,13). The summed E-state index contributed by atoms with van der Waals surface area (Å²) in [6.45, 7) is 0. The largest absolute Gasteiger partial charge is 0.462 e. The monoisotopic (exact) mass is 215 g/mol. The summed E-state index contributed by atoms with van der Waals surface area (Å²) in [4.78, 5) is 21.6. The molecule has 0 spiro atoms. The highest BCUT2D eigenvalue weighted by Gasteiger charge is 2.14. The van der Waals surface area contributed by atoms with Gasteiger partial charge < -0.3 is 10.1 Å². The van der Waals surface area contributed by atoms with Crippen LogP contribution >= 0.6 is 0 Å². The SMILES string of the molecule is COC(=O)C(=O)Nc1ccc(F)c(F)c1. The minimum atomic E-state index is -1.11. The Bertz CT molecular complexity index is 406. The van der Waals surface area contributed by atoms with E-state index in [2.05, 4.69) is 4.74 Å². The predicted molar refractivity (Wildman–Crippen MR) is 47.0 cm³/mol. The smallest absolute Gasteiger partial charge is 0.396 e. The molecule has 0 aliphatic heterocycles. The highest BCUT2D eigenvalue weighted by atomic mass is 19.2. The van der Waals surface area contributed by atoms with Crippen molar-refractivity contribution in [2.24, 2.45) is 0 Å². The van der Waals surface area contributed by atoms with Crippen molar-refractivity contribution in [3.05, 3.63) is 29.8 Å². The number of carbonyl (C=O) groups is 2. The fourth-order valence-electron chi connectivity index (χ4n) is 0.849. The third-order valence-electron chi connectivity index (χ3n) is 1.55. The van der Waals surface area contributed by atoms with E-state index in [4.69, 9.17) is 0 Å². The van der Waals surface area contributed by atoms with Gasteiger partial charge in [0.05, 0.1) is 7.11 Å². The summed E-state index contributed by atoms with van der Waals surface area (Å²) < 4.78 is 29.3. The zero-order chi connectivity index (χ0) is 11.4. The Labute approximate surface area is 83.8 Å². The molecule has 0 atom stereocenters. The number of carbonyl (C=O) groups excluding carboxylic acids is 2. The van der Waals surface area contributed by atoms with Gasteiger partial charge in [-0.3, -0.25) is 4.79 Å². The second-order valence-electron chi connectivity index (χ2n) is 2.57. The van der Waals surface area contributed by atoms with E-state index in [1.165, 1.54) is 0 Å². The number of hydrogen-bond acceptors (Lipinski definition) is 3. The number of esters is 1. The van der Waals surface area contributed by atoms with Gasteiger partial charge in [-0.25, -0.2) is 13.6 Å². The summed E-state index contributed by atoms with van der Waals surface area (Å²) in [7, 11) is 1.03. The first-order chi connectivity index (χ1) is 7.04. The van der Waals surface area contributed by atoms with Gasteiger partial charge in [-0.2, -0.15) is 0 Å². The first kappa shape index (κ1) is 11.1. The lowest BCUT2D eigenvalue weighted by molar-refractivity contribution is -0.150. The van der Waals surface area contributed by atoms with Gasteiger partial charge in [-0.05, 0) is 12.1 Å². The van der Waals surface area contributed by atoms with Gasteiger partial charge in [0.15, 0.2) is 11.6 Å². The van der Waals surface area contributed by atoms with E-state index < -0.39 is 23.5 Å². The van der Waals surface area contributed by atoms with Crippen LogP contribution in [0.15, 0.2) is 18.2 Å². The van der Waals surface area contributed by atoms with E-state index in [1.54, 1.807) is 0 Å². The molecule has 0 aliphatic rings. The van der Waals surface area contributed by atoms with Crippen LogP contribution < -0.4 is 5.32 Å². The van der Waals surface area contributed by atoms with Crippen molar-refractivity contribution in [2.45, 2.75) is 0 Å². The average molecular weight is 215 g/mol. The third kappa shape index (κ3) is 2.73. The number of halogens is 2. The van der Waals surface area contributed by atoms with Crippen molar-refractivity contribution in [1.82, 2.24) is 0 Å². The van der Waals surface area contributed by atoms with E-state index in [-0.39, 0.29) is 5.69 Å². The molecule has 0 saturated carbocycles. The molecule has 0 fully saturated rings. The van der Waals surface area contributed by atoms with E-state index in [1.807, 2.05) is 5.32 Å². The molecule has 0 aliphatic carbocycles. The minimum absolute atomic E-state index is 0.0238. The number of ether oxygens (including phenoxy) is 1. The number of anilines is 1. The Morgan fingerprint density at radius 1 is 1.27 bits per heavy atom. The van der Waals surface area contributed by atoms with E-state index in [0.29, 0.717) is 0 Å². The van der Waals surface area contributed by atoms with Gasteiger partial charge in [0.1, 0.15) is 0 Å². The van der Waals surface area contributed by atoms with E-state index >= 15 is 0 Å². The van der Waals surface area contributed by atoms with Crippen LogP contribution in [0.1, 0.15) is 0 Å². The van der Waals surface area contributed by atoms with Crippen LogP contribution in [0.3, 0.4) is 0 Å². The Balaban J connectivity index is 2.77. The Kier molecular flexibility index (Phi) is 3.33. The molecule has 1 rings (SSSR count). The Morgan fingerprint density at radius 2 is 1.93 bits per heavy atom. The first-order valence-electron chi connectivity index (χ1n) is 3.89. The maximum absolute atomic E-state index is 12.7. The van der Waals surface area contributed by atoms with E-state index in [0.717, 1.165) is 25.3 Å². The molecule has 1 aromatic rings. The number of rotatable bonds is 1. The molecule has 15 heavy (non-hydrogen) atoms. The minimum Gasteiger partial charge on any atom is -0.462 e. The number of amides is 1. The van der Waals surface area contributed by atoms with Crippen LogP contribution in [-0.2, 0) is 14.3 Å². The molecule has 4 nitrogen and oxygen atoms in total. The van der Waals surface area contributed by atoms with Crippen LogP contribution in [0, 0.1) is 11.6 Å². The molecule has 0 heterocycles. The fraction of sp³-hybridized carbons (Fsp3) is 0.111. The third-order valence-corrected chi connectivity index (χ3v) is 1.55. The van der Waals surface area contributed by atoms with E-state index in [9.17, 15) is 18.4 Å². The molecule has 0 aromatic heterocycles. The van der Waals surface area contributed by atoms with Crippen LogP contribution in [0.5, 0.6) is 0 Å². The van der Waals surface area contributed by atoms with Crippen molar-refractivity contribution in [3.8, 4) is 0 Å². The van der Waals surface area contributed by atoms with Gasteiger partial charge in [-0.1, -0.05) is 0 Å². The van der Waals surface area contributed by atoms with Crippen molar-refractivity contribution in [3.63, 3.8) is 0 Å². The normalized spacial score (nSPS) is 9.53. The summed E-state index contributed by atoms with van der Waals surface area (Å²) in [6.07, 6.45) is 0. The molecular weight excluding hydrogens is 208 g/mol. The van der Waals surface area contributed by atoms with Gasteiger partial charge in [0.25, 0.3) is 0 Å². The number of nitrogens with one attached hydrogen (secondary N) is 1. The summed E-state index contributed by atoms with van der Waals surface area (Å²) >= 11 is 0. The average Bonchev–Trinajstić information content (AvgIpc) is 2.22. The van der Waals surface area contributed by atoms with Gasteiger partial charge in [0.2, 0.25) is 0 Å². The summed E-state index contributed by atoms with van der Waals surface area (Å²) in [5, 5.41) is 2.04. The Hall–Kier alpha value is -1.98. The maximum Gasteiger partial charge on any atom is 0.396 e. The highest BCUT2D eigenvalue weighted by Crippen LogP contribution is 2.12. The molecule has 0 unspecified atom stereocenters. The number of benzene rings is 1. The van der Waals surface area contributed by atoms with Crippen LogP contribution in [0.4, 0.5) is 14.5 Å². The van der Waals surface area contributed by atoms with Crippen molar-refractivity contribution < 1.29 is 23.1 Å². The van der Waals surface area contributed by atoms with Gasteiger partial charge >= 0.3 is 11.9 Å². The topological polar surface area (TPSA) is 55.4 Å². The fourth-order valence-corrected chi connectivity index (χ4v) is 0.849. The zero-order valence-electron chi connectivity index (χ0n) is 7.71. The van der Waals surface area contributed by atoms with Crippen molar-refractivity contribution in [1.29, 1.82) is 0 Å². The molecule has 6 heteroatoms. The lowest BCUT2D eigenvalue weighted by Gasteiger charge is -2.03. The molecule has 0 radical (unpaired) electrons. The molecule has 0 bridgehead atoms. The summed E-state index contributed by atoms with van der Waals surface area (Å²) in [5.74, 6) is -4.31. The molecule has 1 amide bonds. The first-order valence-corrected chi connectivity index (χ1v) is 3.89. The Morgan fingerprint density at radius 3 is 2.47 bits per heavy atom. The van der Waals surface area contributed by atoms with Gasteiger partial charge in [-0.15, -0.1) is 0 Å². The van der Waals surface area contributed by atoms with Crippen LogP contribution in [-0.4, -0.2) is 19.0 Å². The maximum atomic E-state index is 12.7. The van der Waals surface area contributed by atoms with Crippen LogP contribution in [0.25, 0.3) is 0 Å².